The molecular formula is C19H32IN3OS. The maximum Gasteiger partial charge on any atom is 0.193 e. The van der Waals surface area contributed by atoms with Crippen LogP contribution in [0.3, 0.4) is 0 Å². The first-order valence-electron chi connectivity index (χ1n) is 8.66. The van der Waals surface area contributed by atoms with Crippen molar-refractivity contribution in [3.63, 3.8) is 0 Å². The molecule has 0 aliphatic carbocycles. The molecule has 1 heterocycles. The van der Waals surface area contributed by atoms with Gasteiger partial charge in [-0.15, -0.1) is 24.0 Å². The standard InChI is InChI=1S/C19H31N3OS.HI/c1-18(2,3)24(23)14-12-21-17(20-5)22-13-11-19(4,15-22)16-9-7-6-8-10-16;/h6-10H,11-15H2,1-5H3,(H,20,21);1H. The topological polar surface area (TPSA) is 44.7 Å². The van der Waals surface area contributed by atoms with Gasteiger partial charge in [0.1, 0.15) is 0 Å². The van der Waals surface area contributed by atoms with Crippen molar-refractivity contribution in [1.82, 2.24) is 10.2 Å². The lowest BCUT2D eigenvalue weighted by Gasteiger charge is -2.27. The predicted octanol–water partition coefficient (Wildman–Crippen LogP) is 3.39. The van der Waals surface area contributed by atoms with E-state index < -0.39 is 10.8 Å². The molecule has 4 nitrogen and oxygen atoms in total. The Kier molecular flexibility index (Phi) is 8.38. The second-order valence-electron chi connectivity index (χ2n) is 7.73. The van der Waals surface area contributed by atoms with Crippen LogP contribution in [-0.4, -0.2) is 52.3 Å². The van der Waals surface area contributed by atoms with Crippen molar-refractivity contribution in [3.05, 3.63) is 35.9 Å². The molecule has 1 aromatic rings. The van der Waals surface area contributed by atoms with Gasteiger partial charge in [0.25, 0.3) is 0 Å². The van der Waals surface area contributed by atoms with Crippen LogP contribution >= 0.6 is 24.0 Å². The smallest absolute Gasteiger partial charge is 0.193 e. The average molecular weight is 477 g/mol. The van der Waals surface area contributed by atoms with E-state index >= 15 is 0 Å². The van der Waals surface area contributed by atoms with E-state index in [0.717, 1.165) is 25.5 Å². The number of nitrogens with one attached hydrogen (secondary N) is 1. The summed E-state index contributed by atoms with van der Waals surface area (Å²) in [5, 5.41) is 3.39. The van der Waals surface area contributed by atoms with Gasteiger partial charge in [-0.3, -0.25) is 9.20 Å². The van der Waals surface area contributed by atoms with Crippen LogP contribution in [0, 0.1) is 0 Å². The zero-order valence-electron chi connectivity index (χ0n) is 16.0. The highest BCUT2D eigenvalue weighted by Crippen LogP contribution is 2.33. The maximum atomic E-state index is 12.2. The fourth-order valence-electron chi connectivity index (χ4n) is 3.11. The van der Waals surface area contributed by atoms with E-state index in [-0.39, 0.29) is 34.1 Å². The second-order valence-corrected chi connectivity index (χ2v) is 10.1. The Labute approximate surface area is 172 Å². The fourth-order valence-corrected chi connectivity index (χ4v) is 4.01. The van der Waals surface area contributed by atoms with E-state index in [1.54, 1.807) is 0 Å². The molecule has 2 rings (SSSR count). The number of benzene rings is 1. The maximum absolute atomic E-state index is 12.2. The molecule has 0 bridgehead atoms. The van der Waals surface area contributed by atoms with Crippen molar-refractivity contribution >= 4 is 40.7 Å². The third-order valence-electron chi connectivity index (χ3n) is 4.71. The van der Waals surface area contributed by atoms with E-state index in [9.17, 15) is 4.21 Å². The first kappa shape index (κ1) is 22.4. The van der Waals surface area contributed by atoms with Crippen molar-refractivity contribution in [2.24, 2.45) is 4.99 Å². The Balaban J connectivity index is 0.00000312. The predicted molar refractivity (Wildman–Crippen MR) is 120 cm³/mol. The Hall–Kier alpha value is -0.630. The van der Waals surface area contributed by atoms with Gasteiger partial charge in [-0.25, -0.2) is 0 Å². The minimum Gasteiger partial charge on any atom is -0.355 e. The summed E-state index contributed by atoms with van der Waals surface area (Å²) in [6, 6.07) is 10.7. The van der Waals surface area contributed by atoms with Crippen molar-refractivity contribution in [2.75, 3.05) is 32.4 Å². The van der Waals surface area contributed by atoms with Crippen molar-refractivity contribution in [2.45, 2.75) is 44.3 Å². The van der Waals surface area contributed by atoms with Crippen LogP contribution < -0.4 is 5.32 Å². The van der Waals surface area contributed by atoms with Gasteiger partial charge >= 0.3 is 0 Å². The van der Waals surface area contributed by atoms with Gasteiger partial charge in [0.2, 0.25) is 0 Å². The third-order valence-corrected chi connectivity index (χ3v) is 6.65. The molecule has 1 N–H and O–H groups in total. The van der Waals surface area contributed by atoms with Gasteiger partial charge in [-0.2, -0.15) is 0 Å². The monoisotopic (exact) mass is 477 g/mol. The van der Waals surface area contributed by atoms with E-state index in [1.165, 1.54) is 5.56 Å². The van der Waals surface area contributed by atoms with Gasteiger partial charge < -0.3 is 10.2 Å². The molecule has 0 aromatic heterocycles. The Morgan fingerprint density at radius 3 is 2.52 bits per heavy atom. The van der Waals surface area contributed by atoms with E-state index in [0.29, 0.717) is 12.3 Å². The summed E-state index contributed by atoms with van der Waals surface area (Å²) >= 11 is 0. The first-order valence-corrected chi connectivity index (χ1v) is 9.98. The lowest BCUT2D eigenvalue weighted by atomic mass is 9.82. The van der Waals surface area contributed by atoms with Crippen LogP contribution in [0.2, 0.25) is 0 Å². The molecule has 0 saturated carbocycles. The Bertz CT molecular complexity index is 600. The summed E-state index contributed by atoms with van der Waals surface area (Å²) in [6.45, 7) is 11.0. The van der Waals surface area contributed by atoms with Gasteiger partial charge in [0.15, 0.2) is 5.96 Å². The zero-order valence-corrected chi connectivity index (χ0v) is 19.2. The zero-order chi connectivity index (χ0) is 17.8. The minimum atomic E-state index is -0.838. The number of rotatable bonds is 4. The van der Waals surface area contributed by atoms with E-state index in [4.69, 9.17) is 0 Å². The summed E-state index contributed by atoms with van der Waals surface area (Å²) in [5.74, 6) is 1.56. The second kappa shape index (κ2) is 9.35. The third kappa shape index (κ3) is 5.94. The minimum absolute atomic E-state index is 0. The molecule has 1 aliphatic heterocycles. The Morgan fingerprint density at radius 2 is 1.96 bits per heavy atom. The van der Waals surface area contributed by atoms with Crippen LogP contribution in [0.25, 0.3) is 0 Å². The number of hydrogen-bond acceptors (Lipinski definition) is 2. The molecule has 2 unspecified atom stereocenters. The number of halogens is 1. The first-order chi connectivity index (χ1) is 11.3. The van der Waals surface area contributed by atoms with Crippen LogP contribution in [0.1, 0.15) is 39.7 Å². The molecule has 1 aromatic carbocycles. The van der Waals surface area contributed by atoms with Crippen LogP contribution in [-0.2, 0) is 16.2 Å². The number of likely N-dealkylation sites (tertiary alicyclic amines) is 1. The molecule has 1 fully saturated rings. The van der Waals surface area contributed by atoms with Crippen LogP contribution in [0.4, 0.5) is 0 Å². The number of guanidine groups is 1. The van der Waals surface area contributed by atoms with Gasteiger partial charge in [-0.1, -0.05) is 37.3 Å². The van der Waals surface area contributed by atoms with Crippen LogP contribution in [0.5, 0.6) is 0 Å². The van der Waals surface area contributed by atoms with Crippen molar-refractivity contribution in [3.8, 4) is 0 Å². The van der Waals surface area contributed by atoms with Crippen molar-refractivity contribution < 1.29 is 4.21 Å². The van der Waals surface area contributed by atoms with E-state index in [1.807, 2.05) is 27.8 Å². The summed E-state index contributed by atoms with van der Waals surface area (Å²) in [6.07, 6.45) is 1.12. The molecule has 0 spiro atoms. The highest BCUT2D eigenvalue weighted by Gasteiger charge is 2.36. The molecule has 142 valence electrons. The van der Waals surface area contributed by atoms with Crippen LogP contribution in [0.15, 0.2) is 35.3 Å². The molecule has 2 atom stereocenters. The molecule has 6 heteroatoms. The van der Waals surface area contributed by atoms with Gasteiger partial charge in [0, 0.05) is 53.4 Å². The summed E-state index contributed by atoms with van der Waals surface area (Å²) in [4.78, 5) is 6.73. The SMILES string of the molecule is CN=C(NCCS(=O)C(C)(C)C)N1CCC(C)(c2ccccc2)C1.I. The molecule has 25 heavy (non-hydrogen) atoms. The lowest BCUT2D eigenvalue weighted by Crippen LogP contribution is -2.43. The summed E-state index contributed by atoms with van der Waals surface area (Å²) in [7, 11) is 0.982. The summed E-state index contributed by atoms with van der Waals surface area (Å²) < 4.78 is 12.0. The highest BCUT2D eigenvalue weighted by atomic mass is 127. The normalized spacial score (nSPS) is 22.4. The average Bonchev–Trinajstić information content (AvgIpc) is 2.95. The molecule has 1 aliphatic rings. The quantitative estimate of drug-likeness (QED) is 0.411. The van der Waals surface area contributed by atoms with Crippen molar-refractivity contribution in [1.29, 1.82) is 0 Å². The highest BCUT2D eigenvalue weighted by molar-refractivity contribution is 14.0. The molecular weight excluding hydrogens is 445 g/mol. The number of aliphatic imine (C=N–C) groups is 1. The fraction of sp³-hybridized carbons (Fsp3) is 0.632. The molecule has 0 radical (unpaired) electrons. The van der Waals surface area contributed by atoms with E-state index in [2.05, 4.69) is 52.5 Å². The Morgan fingerprint density at radius 1 is 1.32 bits per heavy atom. The molecule has 1 saturated heterocycles. The lowest BCUT2D eigenvalue weighted by molar-refractivity contribution is 0.440. The largest absolute Gasteiger partial charge is 0.355 e. The van der Waals surface area contributed by atoms with Gasteiger partial charge in [0.05, 0.1) is 0 Å². The summed E-state index contributed by atoms with van der Waals surface area (Å²) in [5.41, 5.74) is 1.55. The number of nitrogens with zero attached hydrogens (tertiary/aromatic N) is 2. The number of hydrogen-bond donors (Lipinski definition) is 1. The van der Waals surface area contributed by atoms with Gasteiger partial charge in [-0.05, 0) is 32.8 Å². The molecule has 0 amide bonds.